The van der Waals surface area contributed by atoms with E-state index in [4.69, 9.17) is 17.3 Å². The van der Waals surface area contributed by atoms with E-state index in [0.29, 0.717) is 17.3 Å². The molecule has 0 saturated heterocycles. The van der Waals surface area contributed by atoms with Crippen LogP contribution in [0.25, 0.3) is 16.9 Å². The van der Waals surface area contributed by atoms with Crippen LogP contribution in [0.5, 0.6) is 0 Å². The van der Waals surface area contributed by atoms with Crippen molar-refractivity contribution >= 4 is 22.6 Å². The molecule has 0 aliphatic heterocycles. The highest BCUT2D eigenvalue weighted by Gasteiger charge is 2.09. The first kappa shape index (κ1) is 13.1. The Hall–Kier alpha value is -1.91. The van der Waals surface area contributed by atoms with E-state index < -0.39 is 0 Å². The second-order valence-corrected chi connectivity index (χ2v) is 5.25. The largest absolute Gasteiger partial charge is 0.325 e. The standard InChI is InChI=1S/C15H15ClN4/c1-9-5-12-14(6-10(9)2)20(8-18-12)15-4-3-11(16)13(7-17)19-15/h3-6,8H,7,17H2,1-2H3. The smallest absolute Gasteiger partial charge is 0.138 e. The number of fused-ring (bicyclic) bond motifs is 1. The summed E-state index contributed by atoms with van der Waals surface area (Å²) in [5.41, 5.74) is 10.8. The summed E-state index contributed by atoms with van der Waals surface area (Å²) in [5, 5.41) is 0.590. The highest BCUT2D eigenvalue weighted by Crippen LogP contribution is 2.22. The van der Waals surface area contributed by atoms with Crippen molar-refractivity contribution in [2.75, 3.05) is 0 Å². The zero-order valence-corrected chi connectivity index (χ0v) is 12.1. The summed E-state index contributed by atoms with van der Waals surface area (Å²) in [6.45, 7) is 4.49. The molecule has 0 saturated carbocycles. The maximum Gasteiger partial charge on any atom is 0.138 e. The lowest BCUT2D eigenvalue weighted by Crippen LogP contribution is -2.04. The monoisotopic (exact) mass is 286 g/mol. The Labute approximate surface area is 122 Å². The van der Waals surface area contributed by atoms with Crippen LogP contribution in [0.15, 0.2) is 30.6 Å². The van der Waals surface area contributed by atoms with Gasteiger partial charge in [-0.25, -0.2) is 9.97 Å². The minimum absolute atomic E-state index is 0.317. The minimum atomic E-state index is 0.317. The van der Waals surface area contributed by atoms with Crippen LogP contribution < -0.4 is 5.73 Å². The molecule has 2 N–H and O–H groups in total. The highest BCUT2D eigenvalue weighted by atomic mass is 35.5. The predicted octanol–water partition coefficient (Wildman–Crippen LogP) is 3.15. The first-order valence-corrected chi connectivity index (χ1v) is 6.78. The lowest BCUT2D eigenvalue weighted by molar-refractivity contribution is 0.938. The van der Waals surface area contributed by atoms with Gasteiger partial charge < -0.3 is 5.73 Å². The third kappa shape index (κ3) is 2.07. The van der Waals surface area contributed by atoms with Crippen LogP contribution in [0, 0.1) is 13.8 Å². The molecule has 3 aromatic rings. The summed E-state index contributed by atoms with van der Waals surface area (Å²) >= 11 is 6.05. The molecular formula is C15H15ClN4. The molecule has 0 unspecified atom stereocenters. The summed E-state index contributed by atoms with van der Waals surface area (Å²) in [4.78, 5) is 8.94. The number of aromatic nitrogens is 3. The molecule has 0 spiro atoms. The number of nitrogens with two attached hydrogens (primary N) is 1. The molecule has 3 rings (SSSR count). The van der Waals surface area contributed by atoms with Gasteiger partial charge in [-0.2, -0.15) is 0 Å². The van der Waals surface area contributed by atoms with Crippen molar-refractivity contribution in [3.63, 3.8) is 0 Å². The van der Waals surface area contributed by atoms with Gasteiger partial charge in [0.25, 0.3) is 0 Å². The van der Waals surface area contributed by atoms with Crippen molar-refractivity contribution in [3.05, 3.63) is 52.4 Å². The SMILES string of the molecule is Cc1cc2ncn(-c3ccc(Cl)c(CN)n3)c2cc1C. The van der Waals surface area contributed by atoms with E-state index in [9.17, 15) is 0 Å². The van der Waals surface area contributed by atoms with Gasteiger partial charge in [-0.05, 0) is 49.2 Å². The molecule has 1 aromatic carbocycles. The second-order valence-electron chi connectivity index (χ2n) is 4.84. The third-order valence-corrected chi connectivity index (χ3v) is 3.85. The van der Waals surface area contributed by atoms with Gasteiger partial charge in [-0.3, -0.25) is 4.57 Å². The lowest BCUT2D eigenvalue weighted by Gasteiger charge is -2.08. The van der Waals surface area contributed by atoms with Crippen LogP contribution in [0.1, 0.15) is 16.8 Å². The van der Waals surface area contributed by atoms with Crippen molar-refractivity contribution in [1.29, 1.82) is 0 Å². The Morgan fingerprint density at radius 3 is 2.70 bits per heavy atom. The molecule has 4 nitrogen and oxygen atoms in total. The molecular weight excluding hydrogens is 272 g/mol. The van der Waals surface area contributed by atoms with Crippen LogP contribution in [-0.4, -0.2) is 14.5 Å². The van der Waals surface area contributed by atoms with Crippen LogP contribution in [0.2, 0.25) is 5.02 Å². The number of hydrogen-bond acceptors (Lipinski definition) is 3. The van der Waals surface area contributed by atoms with Crippen molar-refractivity contribution < 1.29 is 0 Å². The number of benzene rings is 1. The zero-order chi connectivity index (χ0) is 14.3. The maximum absolute atomic E-state index is 6.05. The maximum atomic E-state index is 6.05. The number of nitrogens with zero attached hydrogens (tertiary/aromatic N) is 3. The van der Waals surface area contributed by atoms with Gasteiger partial charge in [0.2, 0.25) is 0 Å². The van der Waals surface area contributed by atoms with E-state index in [-0.39, 0.29) is 0 Å². The van der Waals surface area contributed by atoms with Crippen LogP contribution >= 0.6 is 11.6 Å². The minimum Gasteiger partial charge on any atom is -0.325 e. The first-order valence-electron chi connectivity index (χ1n) is 6.40. The predicted molar refractivity (Wildman–Crippen MR) is 81.2 cm³/mol. The van der Waals surface area contributed by atoms with Gasteiger partial charge in [-0.15, -0.1) is 0 Å². The fraction of sp³-hybridized carbons (Fsp3) is 0.200. The average molecular weight is 287 g/mol. The van der Waals surface area contributed by atoms with Crippen LogP contribution in [-0.2, 0) is 6.54 Å². The van der Waals surface area contributed by atoms with Gasteiger partial charge in [0.1, 0.15) is 12.1 Å². The molecule has 102 valence electrons. The Morgan fingerprint density at radius 1 is 1.20 bits per heavy atom. The summed E-state index contributed by atoms with van der Waals surface area (Å²) in [6.07, 6.45) is 1.78. The molecule has 0 bridgehead atoms. The van der Waals surface area contributed by atoms with Gasteiger partial charge in [0.15, 0.2) is 0 Å². The lowest BCUT2D eigenvalue weighted by atomic mass is 10.1. The molecule has 0 aliphatic carbocycles. The Morgan fingerprint density at radius 2 is 1.95 bits per heavy atom. The van der Waals surface area contributed by atoms with Crippen LogP contribution in [0.4, 0.5) is 0 Å². The molecule has 0 radical (unpaired) electrons. The molecule has 20 heavy (non-hydrogen) atoms. The molecule has 0 fully saturated rings. The highest BCUT2D eigenvalue weighted by molar-refractivity contribution is 6.31. The number of imidazole rings is 1. The number of halogens is 1. The first-order chi connectivity index (χ1) is 9.60. The van der Waals surface area contributed by atoms with Gasteiger partial charge in [0.05, 0.1) is 21.7 Å². The van der Waals surface area contributed by atoms with E-state index in [1.54, 1.807) is 6.33 Å². The second kappa shape index (κ2) is 4.89. The van der Waals surface area contributed by atoms with Gasteiger partial charge in [0, 0.05) is 6.54 Å². The molecule has 0 atom stereocenters. The third-order valence-electron chi connectivity index (χ3n) is 3.51. The van der Waals surface area contributed by atoms with Gasteiger partial charge >= 0.3 is 0 Å². The number of aryl methyl sites for hydroxylation is 2. The van der Waals surface area contributed by atoms with Crippen molar-refractivity contribution in [3.8, 4) is 5.82 Å². The normalized spacial score (nSPS) is 11.2. The van der Waals surface area contributed by atoms with E-state index in [2.05, 4.69) is 35.9 Å². The quantitative estimate of drug-likeness (QED) is 0.787. The fourth-order valence-corrected chi connectivity index (χ4v) is 2.38. The molecule has 0 amide bonds. The van der Waals surface area contributed by atoms with E-state index in [1.165, 1.54) is 11.1 Å². The average Bonchev–Trinajstić information content (AvgIpc) is 2.83. The van der Waals surface area contributed by atoms with Gasteiger partial charge in [-0.1, -0.05) is 11.6 Å². The topological polar surface area (TPSA) is 56.7 Å². The number of pyridine rings is 1. The molecule has 2 heterocycles. The van der Waals surface area contributed by atoms with E-state index in [0.717, 1.165) is 16.9 Å². The summed E-state index contributed by atoms with van der Waals surface area (Å²) in [5.74, 6) is 0.778. The Kier molecular flexibility index (Phi) is 3.20. The van der Waals surface area contributed by atoms with E-state index >= 15 is 0 Å². The summed E-state index contributed by atoms with van der Waals surface area (Å²) < 4.78 is 1.96. The van der Waals surface area contributed by atoms with Crippen molar-refractivity contribution in [2.45, 2.75) is 20.4 Å². The Balaban J connectivity index is 2.22. The van der Waals surface area contributed by atoms with Crippen molar-refractivity contribution in [2.24, 2.45) is 5.73 Å². The Bertz CT molecular complexity index is 792. The summed E-state index contributed by atoms with van der Waals surface area (Å²) in [6, 6.07) is 7.90. The van der Waals surface area contributed by atoms with E-state index in [1.807, 2.05) is 16.7 Å². The number of hydrogen-bond donors (Lipinski definition) is 1. The molecule has 2 aromatic heterocycles. The summed E-state index contributed by atoms with van der Waals surface area (Å²) in [7, 11) is 0. The van der Waals surface area contributed by atoms with Crippen molar-refractivity contribution in [1.82, 2.24) is 14.5 Å². The van der Waals surface area contributed by atoms with Crippen LogP contribution in [0.3, 0.4) is 0 Å². The molecule has 5 heteroatoms. The fourth-order valence-electron chi connectivity index (χ4n) is 2.20. The number of rotatable bonds is 2. The molecule has 0 aliphatic rings. The zero-order valence-electron chi connectivity index (χ0n) is 11.4.